The maximum absolute atomic E-state index is 13.1. The Bertz CT molecular complexity index is 1400. The number of carbonyl (C=O) groups is 3. The van der Waals surface area contributed by atoms with E-state index in [2.05, 4.69) is 20.7 Å². The van der Waals surface area contributed by atoms with Crippen LogP contribution >= 0.6 is 0 Å². The zero-order valence-electron chi connectivity index (χ0n) is 19.3. The zero-order chi connectivity index (χ0) is 25.5. The molecule has 9 nitrogen and oxygen atoms in total. The van der Waals surface area contributed by atoms with E-state index in [0.29, 0.717) is 22.4 Å². The van der Waals surface area contributed by atoms with Gasteiger partial charge in [0.2, 0.25) is 0 Å². The number of nitrogens with zero attached hydrogens (tertiary/aromatic N) is 3. The number of rotatable bonds is 8. The molecule has 0 radical (unpaired) electrons. The van der Waals surface area contributed by atoms with Crippen molar-refractivity contribution in [2.24, 2.45) is 0 Å². The van der Waals surface area contributed by atoms with E-state index in [1.807, 2.05) is 36.4 Å². The van der Waals surface area contributed by atoms with Crippen molar-refractivity contribution in [3.63, 3.8) is 0 Å². The molecular weight excluding hydrogens is 458 g/mol. The van der Waals surface area contributed by atoms with Gasteiger partial charge in [0, 0.05) is 35.3 Å². The third kappa shape index (κ3) is 5.71. The van der Waals surface area contributed by atoms with Gasteiger partial charge in [-0.05, 0) is 49.4 Å². The average molecular weight is 482 g/mol. The molecule has 4 rings (SSSR count). The van der Waals surface area contributed by atoms with E-state index < -0.39 is 23.8 Å². The number of carboxylic acid groups (broad SMARTS) is 1. The molecule has 3 N–H and O–H groups in total. The highest BCUT2D eigenvalue weighted by molar-refractivity contribution is 6.06. The largest absolute Gasteiger partial charge is 0.480 e. The van der Waals surface area contributed by atoms with Crippen LogP contribution in [0.25, 0.3) is 23.0 Å². The van der Waals surface area contributed by atoms with Crippen LogP contribution in [-0.4, -0.2) is 43.7 Å². The molecule has 36 heavy (non-hydrogen) atoms. The quantitative estimate of drug-likeness (QED) is 0.332. The van der Waals surface area contributed by atoms with Gasteiger partial charge >= 0.3 is 5.97 Å². The minimum absolute atomic E-state index is 0.130. The third-order valence-electron chi connectivity index (χ3n) is 5.24. The van der Waals surface area contributed by atoms with Crippen LogP contribution in [0.5, 0.6) is 0 Å². The van der Waals surface area contributed by atoms with Crippen LogP contribution in [0.2, 0.25) is 0 Å². The number of hydrogen-bond donors (Lipinski definition) is 3. The second-order valence-electron chi connectivity index (χ2n) is 7.87. The molecule has 0 spiro atoms. The van der Waals surface area contributed by atoms with E-state index in [1.165, 1.54) is 13.0 Å². The molecule has 2 heterocycles. The summed E-state index contributed by atoms with van der Waals surface area (Å²) in [7, 11) is 0. The summed E-state index contributed by atoms with van der Waals surface area (Å²) in [5, 5.41) is 18.9. The molecule has 0 aliphatic heterocycles. The highest BCUT2D eigenvalue weighted by Gasteiger charge is 2.21. The molecule has 0 unspecified atom stereocenters. The van der Waals surface area contributed by atoms with Gasteiger partial charge < -0.3 is 15.7 Å². The molecule has 0 saturated heterocycles. The number of carboxylic acids is 1. The van der Waals surface area contributed by atoms with Crippen LogP contribution < -0.4 is 10.6 Å². The lowest BCUT2D eigenvalue weighted by Gasteiger charge is -2.13. The Morgan fingerprint density at radius 3 is 2.31 bits per heavy atom. The van der Waals surface area contributed by atoms with Crippen LogP contribution in [-0.2, 0) is 9.59 Å². The molecule has 2 aromatic heterocycles. The monoisotopic (exact) mass is 481 g/mol. The van der Waals surface area contributed by atoms with Gasteiger partial charge in [0.1, 0.15) is 17.4 Å². The Labute approximate surface area is 207 Å². The van der Waals surface area contributed by atoms with Crippen molar-refractivity contribution >= 4 is 23.9 Å². The number of aromatic nitrogens is 3. The smallest absolute Gasteiger partial charge is 0.325 e. The van der Waals surface area contributed by atoms with E-state index in [9.17, 15) is 19.5 Å². The maximum atomic E-state index is 13.1. The molecule has 2 aromatic carbocycles. The number of benzene rings is 2. The number of hydrogen-bond acceptors (Lipinski definition) is 5. The molecular formula is C27H23N5O4. The van der Waals surface area contributed by atoms with Gasteiger partial charge in [-0.1, -0.05) is 36.4 Å². The first-order valence-corrected chi connectivity index (χ1v) is 11.1. The second kappa shape index (κ2) is 10.9. The highest BCUT2D eigenvalue weighted by atomic mass is 16.4. The Morgan fingerprint density at radius 1 is 0.972 bits per heavy atom. The van der Waals surface area contributed by atoms with Crippen LogP contribution in [0.3, 0.4) is 0 Å². The number of nitrogens with one attached hydrogen (secondary N) is 2. The number of pyridine rings is 1. The van der Waals surface area contributed by atoms with Gasteiger partial charge in [-0.15, -0.1) is 0 Å². The summed E-state index contributed by atoms with van der Waals surface area (Å²) in [5.74, 6) is -2.47. The van der Waals surface area contributed by atoms with Gasteiger partial charge in [0.25, 0.3) is 11.8 Å². The van der Waals surface area contributed by atoms with Gasteiger partial charge in [0.05, 0.1) is 5.69 Å². The first kappa shape index (κ1) is 24.1. The molecule has 0 bridgehead atoms. The van der Waals surface area contributed by atoms with Crippen molar-refractivity contribution in [2.75, 3.05) is 0 Å². The summed E-state index contributed by atoms with van der Waals surface area (Å²) < 4.78 is 1.66. The van der Waals surface area contributed by atoms with E-state index >= 15 is 0 Å². The van der Waals surface area contributed by atoms with Crippen LogP contribution in [0, 0.1) is 0 Å². The fourth-order valence-corrected chi connectivity index (χ4v) is 3.37. The Kier molecular flexibility index (Phi) is 7.30. The lowest BCUT2D eigenvalue weighted by atomic mass is 10.1. The lowest BCUT2D eigenvalue weighted by molar-refractivity contribution is -0.140. The SMILES string of the molecule is C[C@H](NC(=O)/C(=C/c1cn(-c2ccccc2)nc1-c1cccnc1)NC(=O)c1ccccc1)C(=O)O. The van der Waals surface area contributed by atoms with E-state index in [-0.39, 0.29) is 5.70 Å². The number of aliphatic carboxylic acids is 1. The zero-order valence-corrected chi connectivity index (χ0v) is 19.3. The van der Waals surface area contributed by atoms with Gasteiger partial charge in [-0.3, -0.25) is 19.4 Å². The van der Waals surface area contributed by atoms with Crippen LogP contribution in [0.1, 0.15) is 22.8 Å². The number of amides is 2. The third-order valence-corrected chi connectivity index (χ3v) is 5.24. The summed E-state index contributed by atoms with van der Waals surface area (Å²) in [5.41, 5.74) is 2.75. The summed E-state index contributed by atoms with van der Waals surface area (Å²) in [6.45, 7) is 1.34. The minimum Gasteiger partial charge on any atom is -0.480 e. The standard InChI is InChI=1S/C27H23N5O4/c1-18(27(35)36)29-26(34)23(30-25(33)19-9-4-2-5-10-19)15-21-17-32(22-12-6-3-7-13-22)31-24(21)20-11-8-14-28-16-20/h2-18H,1H3,(H,29,34)(H,30,33)(H,35,36)/b23-15-/t18-/m0/s1. The van der Waals surface area contributed by atoms with Crippen molar-refractivity contribution in [2.45, 2.75) is 13.0 Å². The minimum atomic E-state index is -1.20. The van der Waals surface area contributed by atoms with E-state index in [1.54, 1.807) is 59.7 Å². The number of carbonyl (C=O) groups excluding carboxylic acids is 2. The molecule has 180 valence electrons. The van der Waals surface area contributed by atoms with E-state index in [0.717, 1.165) is 5.69 Å². The normalized spacial score (nSPS) is 12.0. The molecule has 2 amide bonds. The summed E-state index contributed by atoms with van der Waals surface area (Å²) in [4.78, 5) is 41.4. The molecule has 9 heteroatoms. The van der Waals surface area contributed by atoms with Crippen molar-refractivity contribution in [3.8, 4) is 16.9 Å². The summed E-state index contributed by atoms with van der Waals surface area (Å²) >= 11 is 0. The molecule has 4 aromatic rings. The highest BCUT2D eigenvalue weighted by Crippen LogP contribution is 2.25. The summed E-state index contributed by atoms with van der Waals surface area (Å²) in [6.07, 6.45) is 6.48. The first-order chi connectivity index (χ1) is 17.4. The van der Waals surface area contributed by atoms with Crippen molar-refractivity contribution in [3.05, 3.63) is 108 Å². The molecule has 0 aliphatic carbocycles. The topological polar surface area (TPSA) is 126 Å². The van der Waals surface area contributed by atoms with Gasteiger partial charge in [0.15, 0.2) is 0 Å². The van der Waals surface area contributed by atoms with Crippen molar-refractivity contribution in [1.82, 2.24) is 25.4 Å². The molecule has 1 atom stereocenters. The van der Waals surface area contributed by atoms with Crippen LogP contribution in [0.15, 0.2) is 97.1 Å². The first-order valence-electron chi connectivity index (χ1n) is 11.1. The van der Waals surface area contributed by atoms with Gasteiger partial charge in [-0.2, -0.15) is 5.10 Å². The fourth-order valence-electron chi connectivity index (χ4n) is 3.37. The Morgan fingerprint density at radius 2 is 1.67 bits per heavy atom. The predicted molar refractivity (Wildman–Crippen MR) is 134 cm³/mol. The van der Waals surface area contributed by atoms with Crippen molar-refractivity contribution in [1.29, 1.82) is 0 Å². The molecule has 0 fully saturated rings. The average Bonchev–Trinajstić information content (AvgIpc) is 3.33. The van der Waals surface area contributed by atoms with Crippen molar-refractivity contribution < 1.29 is 19.5 Å². The van der Waals surface area contributed by atoms with Crippen LogP contribution in [0.4, 0.5) is 0 Å². The maximum Gasteiger partial charge on any atom is 0.325 e. The molecule has 0 aliphatic rings. The number of para-hydroxylation sites is 1. The fraction of sp³-hybridized carbons (Fsp3) is 0.0741. The predicted octanol–water partition coefficient (Wildman–Crippen LogP) is 3.29. The van der Waals surface area contributed by atoms with Gasteiger partial charge in [-0.25, -0.2) is 4.68 Å². The summed E-state index contributed by atoms with van der Waals surface area (Å²) in [6, 6.07) is 20.2. The lowest BCUT2D eigenvalue weighted by Crippen LogP contribution is -2.42. The van der Waals surface area contributed by atoms with E-state index in [4.69, 9.17) is 0 Å². The second-order valence-corrected chi connectivity index (χ2v) is 7.87. The Hall–Kier alpha value is -5.05. The molecule has 0 saturated carbocycles. The Balaban J connectivity index is 1.79.